The molecule has 0 spiro atoms. The van der Waals surface area contributed by atoms with Crippen LogP contribution < -0.4 is 29.1 Å². The molecule has 2 aromatic carbocycles. The normalized spacial score (nSPS) is 10.7. The molecule has 31 heavy (non-hydrogen) atoms. The fraction of sp³-hybridized carbons (Fsp3) is 0.375. The second kappa shape index (κ2) is 10.1. The monoisotopic (exact) mass is 428 g/mol. The first-order valence-electron chi connectivity index (χ1n) is 10.4. The molecule has 0 saturated carbocycles. The van der Waals surface area contributed by atoms with Gasteiger partial charge in [0.25, 0.3) is 0 Å². The molecule has 7 nitrogen and oxygen atoms in total. The molecule has 0 unspecified atom stereocenters. The Labute approximate surface area is 181 Å². The van der Waals surface area contributed by atoms with Crippen LogP contribution in [-0.4, -0.2) is 33.5 Å². The summed E-state index contributed by atoms with van der Waals surface area (Å²) in [5, 5.41) is 0.307. The Kier molecular flexibility index (Phi) is 7.28. The molecule has 0 amide bonds. The molecule has 1 heterocycles. The van der Waals surface area contributed by atoms with Gasteiger partial charge in [0.2, 0.25) is 11.2 Å². The van der Waals surface area contributed by atoms with E-state index in [-0.39, 0.29) is 11.2 Å². The Balaban J connectivity index is 2.27. The largest absolute Gasteiger partial charge is 0.494 e. The van der Waals surface area contributed by atoms with Crippen LogP contribution in [0.25, 0.3) is 22.3 Å². The van der Waals surface area contributed by atoms with Crippen molar-refractivity contribution in [2.24, 2.45) is 0 Å². The first kappa shape index (κ1) is 22.3. The highest BCUT2D eigenvalue weighted by atomic mass is 16.5. The summed E-state index contributed by atoms with van der Waals surface area (Å²) in [5.74, 6) is 2.50. The molecule has 0 aliphatic carbocycles. The zero-order chi connectivity index (χ0) is 22.4. The van der Waals surface area contributed by atoms with E-state index in [1.165, 1.54) is 7.11 Å². The Bertz CT molecular complexity index is 1100. The van der Waals surface area contributed by atoms with Gasteiger partial charge < -0.3 is 28.1 Å². The van der Waals surface area contributed by atoms with E-state index in [1.54, 1.807) is 30.3 Å². The summed E-state index contributed by atoms with van der Waals surface area (Å²) in [6.07, 6.45) is 0. The summed E-state index contributed by atoms with van der Waals surface area (Å²) in [6.45, 7) is 9.37. The second-order valence-electron chi connectivity index (χ2n) is 6.48. The Hall–Kier alpha value is -3.35. The predicted octanol–water partition coefficient (Wildman–Crippen LogP) is 5.06. The van der Waals surface area contributed by atoms with Crippen LogP contribution in [0.2, 0.25) is 0 Å². The van der Waals surface area contributed by atoms with Gasteiger partial charge in [0.1, 0.15) is 22.5 Å². The van der Waals surface area contributed by atoms with Crippen molar-refractivity contribution < 1.29 is 28.1 Å². The third-order valence-corrected chi connectivity index (χ3v) is 4.51. The van der Waals surface area contributed by atoms with Gasteiger partial charge in [-0.2, -0.15) is 0 Å². The minimum Gasteiger partial charge on any atom is -0.494 e. The zero-order valence-corrected chi connectivity index (χ0v) is 18.6. The van der Waals surface area contributed by atoms with Crippen LogP contribution in [0.3, 0.4) is 0 Å². The van der Waals surface area contributed by atoms with Crippen LogP contribution in [0.1, 0.15) is 27.7 Å². The highest BCUT2D eigenvalue weighted by molar-refractivity contribution is 5.88. The summed E-state index contributed by atoms with van der Waals surface area (Å²) in [5.41, 5.74) is 0.654. The molecule has 0 aliphatic heterocycles. The topological polar surface area (TPSA) is 76.4 Å². The average molecular weight is 428 g/mol. The SMILES string of the molecule is CCOc1cc(OCC)c2c(=O)c(OC)c(-c3ccc(OCC)c(OCC)c3)oc2c1. The fourth-order valence-corrected chi connectivity index (χ4v) is 3.33. The van der Waals surface area contributed by atoms with Crippen LogP contribution in [-0.2, 0) is 0 Å². The lowest BCUT2D eigenvalue weighted by atomic mass is 10.1. The predicted molar refractivity (Wildman–Crippen MR) is 119 cm³/mol. The first-order valence-corrected chi connectivity index (χ1v) is 10.4. The van der Waals surface area contributed by atoms with Crippen molar-refractivity contribution in [3.05, 3.63) is 40.6 Å². The molecule has 0 bridgehead atoms. The van der Waals surface area contributed by atoms with Crippen molar-refractivity contribution in [1.29, 1.82) is 0 Å². The van der Waals surface area contributed by atoms with Gasteiger partial charge in [-0.05, 0) is 45.9 Å². The van der Waals surface area contributed by atoms with Gasteiger partial charge >= 0.3 is 0 Å². The Morgan fingerprint density at radius 2 is 1.42 bits per heavy atom. The maximum atomic E-state index is 13.3. The summed E-state index contributed by atoms with van der Waals surface area (Å²) >= 11 is 0. The molecule has 1 aromatic heterocycles. The molecule has 3 aromatic rings. The van der Waals surface area contributed by atoms with Gasteiger partial charge in [0.15, 0.2) is 17.3 Å². The first-order chi connectivity index (χ1) is 15.1. The summed E-state index contributed by atoms with van der Waals surface area (Å²) in [4.78, 5) is 13.3. The lowest BCUT2D eigenvalue weighted by molar-refractivity contribution is 0.288. The second-order valence-corrected chi connectivity index (χ2v) is 6.48. The van der Waals surface area contributed by atoms with Gasteiger partial charge in [0, 0.05) is 17.7 Å². The summed E-state index contributed by atoms with van der Waals surface area (Å²) in [7, 11) is 1.44. The molecule has 0 atom stereocenters. The lowest BCUT2D eigenvalue weighted by Crippen LogP contribution is -2.10. The standard InChI is InChI=1S/C24H28O7/c1-6-27-16-13-19(30-9-4)21-20(14-16)31-23(24(26-5)22(21)25)15-10-11-17(28-7-2)18(12-15)29-8-3/h10-14H,6-9H2,1-5H3. The number of fused-ring (bicyclic) bond motifs is 1. The van der Waals surface area contributed by atoms with Gasteiger partial charge in [-0.3, -0.25) is 4.79 Å². The van der Waals surface area contributed by atoms with E-state index in [1.807, 2.05) is 27.7 Å². The van der Waals surface area contributed by atoms with Crippen molar-refractivity contribution in [3.8, 4) is 40.1 Å². The highest BCUT2D eigenvalue weighted by Gasteiger charge is 2.22. The van der Waals surface area contributed by atoms with E-state index in [0.29, 0.717) is 71.7 Å². The fourth-order valence-electron chi connectivity index (χ4n) is 3.33. The van der Waals surface area contributed by atoms with Gasteiger partial charge in [-0.25, -0.2) is 0 Å². The number of methoxy groups -OCH3 is 1. The van der Waals surface area contributed by atoms with Crippen molar-refractivity contribution >= 4 is 11.0 Å². The Morgan fingerprint density at radius 1 is 0.774 bits per heavy atom. The van der Waals surface area contributed by atoms with Gasteiger partial charge in [-0.1, -0.05) is 0 Å². The number of hydrogen-bond acceptors (Lipinski definition) is 7. The minimum atomic E-state index is -0.322. The zero-order valence-electron chi connectivity index (χ0n) is 18.6. The Morgan fingerprint density at radius 3 is 2.06 bits per heavy atom. The van der Waals surface area contributed by atoms with Gasteiger partial charge in [-0.15, -0.1) is 0 Å². The van der Waals surface area contributed by atoms with E-state index >= 15 is 0 Å². The third-order valence-electron chi connectivity index (χ3n) is 4.51. The summed E-state index contributed by atoms with van der Waals surface area (Å²) < 4.78 is 34.3. The molecule has 0 radical (unpaired) electrons. The van der Waals surface area contributed by atoms with E-state index in [4.69, 9.17) is 28.1 Å². The smallest absolute Gasteiger partial charge is 0.239 e. The average Bonchev–Trinajstić information content (AvgIpc) is 2.75. The quantitative estimate of drug-likeness (QED) is 0.446. The summed E-state index contributed by atoms with van der Waals surface area (Å²) in [6, 6.07) is 8.74. The van der Waals surface area contributed by atoms with E-state index < -0.39 is 0 Å². The minimum absolute atomic E-state index is 0.0872. The van der Waals surface area contributed by atoms with Crippen LogP contribution in [0.4, 0.5) is 0 Å². The van der Waals surface area contributed by atoms with Crippen LogP contribution in [0.15, 0.2) is 39.5 Å². The molecule has 166 valence electrons. The molecule has 0 N–H and O–H groups in total. The number of ether oxygens (including phenoxy) is 5. The highest BCUT2D eigenvalue weighted by Crippen LogP contribution is 2.39. The van der Waals surface area contributed by atoms with Crippen molar-refractivity contribution in [3.63, 3.8) is 0 Å². The van der Waals surface area contributed by atoms with Crippen molar-refractivity contribution in [2.75, 3.05) is 33.5 Å². The van der Waals surface area contributed by atoms with E-state index in [2.05, 4.69) is 0 Å². The molecule has 0 fully saturated rings. The van der Waals surface area contributed by atoms with Crippen LogP contribution >= 0.6 is 0 Å². The molecule has 0 aliphatic rings. The molecular formula is C24H28O7. The van der Waals surface area contributed by atoms with Crippen LogP contribution in [0.5, 0.6) is 28.7 Å². The number of rotatable bonds is 10. The van der Waals surface area contributed by atoms with Crippen molar-refractivity contribution in [1.82, 2.24) is 0 Å². The maximum absolute atomic E-state index is 13.3. The lowest BCUT2D eigenvalue weighted by Gasteiger charge is -2.15. The molecule has 0 saturated heterocycles. The molecule has 3 rings (SSSR count). The third kappa shape index (κ3) is 4.55. The van der Waals surface area contributed by atoms with Crippen LogP contribution in [0, 0.1) is 0 Å². The number of hydrogen-bond donors (Lipinski definition) is 0. The maximum Gasteiger partial charge on any atom is 0.239 e. The van der Waals surface area contributed by atoms with E-state index in [9.17, 15) is 4.79 Å². The van der Waals surface area contributed by atoms with Crippen molar-refractivity contribution in [2.45, 2.75) is 27.7 Å². The molecular weight excluding hydrogens is 400 g/mol. The van der Waals surface area contributed by atoms with Gasteiger partial charge in [0.05, 0.1) is 33.5 Å². The number of benzene rings is 2. The van der Waals surface area contributed by atoms with E-state index in [0.717, 1.165) is 0 Å². The molecule has 7 heteroatoms.